The third-order valence-corrected chi connectivity index (χ3v) is 3.26. The molecule has 1 heterocycles. The van der Waals surface area contributed by atoms with Crippen molar-refractivity contribution in [1.82, 2.24) is 10.3 Å². The zero-order valence-corrected chi connectivity index (χ0v) is 11.8. The highest BCUT2D eigenvalue weighted by molar-refractivity contribution is 6.30. The molecule has 1 atom stereocenters. The minimum absolute atomic E-state index is 0.220. The van der Waals surface area contributed by atoms with Crippen molar-refractivity contribution in [3.05, 3.63) is 58.9 Å². The molecule has 3 nitrogen and oxygen atoms in total. The standard InChI is InChI=1S/C15H17ClN2O/c1-11(12-4-3-7-17-9-12)18-10-13-8-14(16)5-6-15(13)19-2/h3-9,11,18H,10H2,1-2H3/t11-/m0/s1. The number of nitrogens with one attached hydrogen (secondary N) is 1. The van der Waals surface area contributed by atoms with Gasteiger partial charge in [-0.3, -0.25) is 4.98 Å². The Hall–Kier alpha value is -1.58. The van der Waals surface area contributed by atoms with E-state index in [0.717, 1.165) is 16.9 Å². The van der Waals surface area contributed by atoms with E-state index in [1.807, 2.05) is 30.5 Å². The molecule has 0 aliphatic heterocycles. The van der Waals surface area contributed by atoms with Crippen LogP contribution in [0.1, 0.15) is 24.1 Å². The number of ether oxygens (including phenoxy) is 1. The van der Waals surface area contributed by atoms with Gasteiger partial charge in [-0.1, -0.05) is 17.7 Å². The largest absolute Gasteiger partial charge is 0.496 e. The summed E-state index contributed by atoms with van der Waals surface area (Å²) >= 11 is 6.01. The van der Waals surface area contributed by atoms with E-state index in [0.29, 0.717) is 11.6 Å². The second-order valence-electron chi connectivity index (χ2n) is 4.35. The lowest BCUT2D eigenvalue weighted by atomic mass is 10.1. The lowest BCUT2D eigenvalue weighted by Gasteiger charge is -2.15. The molecule has 1 aromatic heterocycles. The molecule has 0 unspecified atom stereocenters. The van der Waals surface area contributed by atoms with E-state index in [9.17, 15) is 0 Å². The zero-order chi connectivity index (χ0) is 13.7. The van der Waals surface area contributed by atoms with Crippen LogP contribution in [0, 0.1) is 0 Å². The highest BCUT2D eigenvalue weighted by Crippen LogP contribution is 2.23. The summed E-state index contributed by atoms with van der Waals surface area (Å²) in [6, 6.07) is 9.84. The normalized spacial score (nSPS) is 12.2. The van der Waals surface area contributed by atoms with Crippen LogP contribution in [-0.2, 0) is 6.54 Å². The average Bonchev–Trinajstić information content (AvgIpc) is 2.46. The van der Waals surface area contributed by atoms with Crippen LogP contribution in [0.3, 0.4) is 0 Å². The number of halogens is 1. The summed E-state index contributed by atoms with van der Waals surface area (Å²) in [6.07, 6.45) is 3.64. The average molecular weight is 277 g/mol. The van der Waals surface area contributed by atoms with Crippen LogP contribution in [0.2, 0.25) is 5.02 Å². The lowest BCUT2D eigenvalue weighted by Crippen LogP contribution is -2.18. The Morgan fingerprint density at radius 3 is 2.89 bits per heavy atom. The summed E-state index contributed by atoms with van der Waals surface area (Å²) < 4.78 is 5.33. The molecule has 2 rings (SSSR count). The van der Waals surface area contributed by atoms with Gasteiger partial charge in [0.15, 0.2) is 0 Å². The van der Waals surface area contributed by atoms with Crippen LogP contribution >= 0.6 is 11.6 Å². The van der Waals surface area contributed by atoms with Crippen molar-refractivity contribution in [3.8, 4) is 5.75 Å². The smallest absolute Gasteiger partial charge is 0.123 e. The maximum Gasteiger partial charge on any atom is 0.123 e. The van der Waals surface area contributed by atoms with Crippen molar-refractivity contribution in [3.63, 3.8) is 0 Å². The molecular weight excluding hydrogens is 260 g/mol. The molecule has 0 aliphatic rings. The number of hydrogen-bond acceptors (Lipinski definition) is 3. The van der Waals surface area contributed by atoms with Gasteiger partial charge in [0.05, 0.1) is 7.11 Å². The number of rotatable bonds is 5. The fourth-order valence-corrected chi connectivity index (χ4v) is 2.09. The number of methoxy groups -OCH3 is 1. The van der Waals surface area contributed by atoms with E-state index in [2.05, 4.69) is 23.3 Å². The van der Waals surface area contributed by atoms with E-state index in [1.54, 1.807) is 13.3 Å². The molecule has 0 saturated heterocycles. The van der Waals surface area contributed by atoms with Crippen LogP contribution in [-0.4, -0.2) is 12.1 Å². The van der Waals surface area contributed by atoms with Gasteiger partial charge in [0.1, 0.15) is 5.75 Å². The van der Waals surface area contributed by atoms with Crippen LogP contribution in [0.5, 0.6) is 5.75 Å². The van der Waals surface area contributed by atoms with Crippen LogP contribution < -0.4 is 10.1 Å². The molecular formula is C15H17ClN2O. The SMILES string of the molecule is COc1ccc(Cl)cc1CN[C@@H](C)c1cccnc1. The first-order chi connectivity index (χ1) is 9.20. The first kappa shape index (κ1) is 13.8. The van der Waals surface area contributed by atoms with Gasteiger partial charge in [0.25, 0.3) is 0 Å². The maximum absolute atomic E-state index is 6.01. The first-order valence-electron chi connectivity index (χ1n) is 6.16. The van der Waals surface area contributed by atoms with Gasteiger partial charge in [-0.15, -0.1) is 0 Å². The second kappa shape index (κ2) is 6.55. The van der Waals surface area contributed by atoms with Gasteiger partial charge >= 0.3 is 0 Å². The minimum atomic E-state index is 0.220. The predicted octanol–water partition coefficient (Wildman–Crippen LogP) is 3.59. The van der Waals surface area contributed by atoms with Gasteiger partial charge in [-0.25, -0.2) is 0 Å². The minimum Gasteiger partial charge on any atom is -0.496 e. The molecule has 0 bridgehead atoms. The molecule has 0 saturated carbocycles. The fraction of sp³-hybridized carbons (Fsp3) is 0.267. The van der Waals surface area contributed by atoms with Crippen molar-refractivity contribution in [2.24, 2.45) is 0 Å². The first-order valence-corrected chi connectivity index (χ1v) is 6.54. The van der Waals surface area contributed by atoms with Gasteiger partial charge in [0, 0.05) is 35.6 Å². The molecule has 100 valence electrons. The van der Waals surface area contributed by atoms with E-state index in [-0.39, 0.29) is 6.04 Å². The van der Waals surface area contributed by atoms with Crippen molar-refractivity contribution in [1.29, 1.82) is 0 Å². The Kier molecular flexibility index (Phi) is 4.77. The van der Waals surface area contributed by atoms with Gasteiger partial charge in [0.2, 0.25) is 0 Å². The Morgan fingerprint density at radius 2 is 2.21 bits per heavy atom. The predicted molar refractivity (Wildman–Crippen MR) is 77.5 cm³/mol. The summed E-state index contributed by atoms with van der Waals surface area (Å²) in [6.45, 7) is 2.80. The van der Waals surface area contributed by atoms with Crippen molar-refractivity contribution in [2.45, 2.75) is 19.5 Å². The summed E-state index contributed by atoms with van der Waals surface area (Å²) in [7, 11) is 1.66. The van der Waals surface area contributed by atoms with E-state index >= 15 is 0 Å². The molecule has 1 N–H and O–H groups in total. The number of aromatic nitrogens is 1. The van der Waals surface area contributed by atoms with Crippen LogP contribution in [0.25, 0.3) is 0 Å². The molecule has 2 aromatic rings. The zero-order valence-electron chi connectivity index (χ0n) is 11.1. The van der Waals surface area contributed by atoms with Crippen LogP contribution in [0.15, 0.2) is 42.7 Å². The van der Waals surface area contributed by atoms with Crippen molar-refractivity contribution < 1.29 is 4.74 Å². The number of pyridine rings is 1. The number of nitrogens with zero attached hydrogens (tertiary/aromatic N) is 1. The molecule has 19 heavy (non-hydrogen) atoms. The highest BCUT2D eigenvalue weighted by Gasteiger charge is 2.08. The number of hydrogen-bond donors (Lipinski definition) is 1. The molecule has 0 amide bonds. The van der Waals surface area contributed by atoms with Gasteiger partial charge in [-0.05, 0) is 36.8 Å². The molecule has 0 spiro atoms. The van der Waals surface area contributed by atoms with Gasteiger partial charge < -0.3 is 10.1 Å². The molecule has 4 heteroatoms. The topological polar surface area (TPSA) is 34.1 Å². The Balaban J connectivity index is 2.04. The molecule has 0 radical (unpaired) electrons. The third kappa shape index (κ3) is 3.69. The van der Waals surface area contributed by atoms with Crippen LogP contribution in [0.4, 0.5) is 0 Å². The van der Waals surface area contributed by atoms with E-state index < -0.39 is 0 Å². The van der Waals surface area contributed by atoms with Crippen molar-refractivity contribution in [2.75, 3.05) is 7.11 Å². The Morgan fingerprint density at radius 1 is 1.37 bits per heavy atom. The van der Waals surface area contributed by atoms with E-state index in [1.165, 1.54) is 0 Å². The highest BCUT2D eigenvalue weighted by atomic mass is 35.5. The van der Waals surface area contributed by atoms with Gasteiger partial charge in [-0.2, -0.15) is 0 Å². The second-order valence-corrected chi connectivity index (χ2v) is 4.78. The molecule has 0 aliphatic carbocycles. The summed E-state index contributed by atoms with van der Waals surface area (Å²) in [5.74, 6) is 0.843. The summed E-state index contributed by atoms with van der Waals surface area (Å²) in [4.78, 5) is 4.12. The molecule has 0 fully saturated rings. The lowest BCUT2D eigenvalue weighted by molar-refractivity contribution is 0.406. The van der Waals surface area contributed by atoms with E-state index in [4.69, 9.17) is 16.3 Å². The van der Waals surface area contributed by atoms with Crippen molar-refractivity contribution >= 4 is 11.6 Å². The number of benzene rings is 1. The molecule has 1 aromatic carbocycles. The summed E-state index contributed by atoms with van der Waals surface area (Å²) in [5.41, 5.74) is 2.20. The third-order valence-electron chi connectivity index (χ3n) is 3.03. The monoisotopic (exact) mass is 276 g/mol. The fourth-order valence-electron chi connectivity index (χ4n) is 1.90. The maximum atomic E-state index is 6.01. The Labute approximate surface area is 118 Å². The quantitative estimate of drug-likeness (QED) is 0.906. The summed E-state index contributed by atoms with van der Waals surface area (Å²) in [5, 5.41) is 4.15. The Bertz CT molecular complexity index is 531.